The van der Waals surface area contributed by atoms with Crippen molar-refractivity contribution in [3.63, 3.8) is 0 Å². The lowest BCUT2D eigenvalue weighted by Gasteiger charge is -2.18. The lowest BCUT2D eigenvalue weighted by molar-refractivity contribution is 0.475. The second-order valence-electron chi connectivity index (χ2n) is 5.33. The zero-order valence-electron chi connectivity index (χ0n) is 11.9. The number of aromatic hydroxyl groups is 1. The van der Waals surface area contributed by atoms with Gasteiger partial charge in [-0.05, 0) is 44.4 Å². The van der Waals surface area contributed by atoms with E-state index in [1.807, 2.05) is 26.0 Å². The van der Waals surface area contributed by atoms with Crippen LogP contribution in [0.1, 0.15) is 24.1 Å². The summed E-state index contributed by atoms with van der Waals surface area (Å²) >= 11 is 0. The van der Waals surface area contributed by atoms with Crippen molar-refractivity contribution in [3.8, 4) is 17.0 Å². The molecule has 1 aromatic carbocycles. The highest BCUT2D eigenvalue weighted by atomic mass is 16.3. The first-order valence-corrected chi connectivity index (χ1v) is 7.05. The number of aryl methyl sites for hydroxylation is 1. The molecule has 0 atom stereocenters. The van der Waals surface area contributed by atoms with Crippen LogP contribution in [0.15, 0.2) is 24.3 Å². The maximum absolute atomic E-state index is 9.66. The van der Waals surface area contributed by atoms with E-state index in [-0.39, 0.29) is 5.75 Å². The van der Waals surface area contributed by atoms with Crippen LogP contribution in [0.5, 0.6) is 5.75 Å². The Kier molecular flexibility index (Phi) is 3.30. The Labute approximate surface area is 119 Å². The summed E-state index contributed by atoms with van der Waals surface area (Å²) in [6.07, 6.45) is 2.41. The molecule has 0 aliphatic carbocycles. The van der Waals surface area contributed by atoms with E-state index in [1.165, 1.54) is 12.8 Å². The molecule has 1 fully saturated rings. The van der Waals surface area contributed by atoms with Gasteiger partial charge in [0.25, 0.3) is 0 Å². The van der Waals surface area contributed by atoms with Gasteiger partial charge in [0.1, 0.15) is 5.75 Å². The summed E-state index contributed by atoms with van der Waals surface area (Å²) in [5.74, 6) is 1.07. The number of aromatic nitrogens is 2. The third kappa shape index (κ3) is 2.33. The minimum atomic E-state index is 0.265. The molecule has 4 heteroatoms. The Morgan fingerprint density at radius 1 is 1.10 bits per heavy atom. The number of nitrogens with zero attached hydrogens (tertiary/aromatic N) is 3. The van der Waals surface area contributed by atoms with E-state index < -0.39 is 0 Å². The Hall–Kier alpha value is -2.10. The summed E-state index contributed by atoms with van der Waals surface area (Å²) in [6, 6.07) is 7.25. The number of benzene rings is 1. The predicted octanol–water partition coefficient (Wildman–Crippen LogP) is 3.07. The Morgan fingerprint density at radius 2 is 1.85 bits per heavy atom. The minimum absolute atomic E-state index is 0.265. The normalized spacial score (nSPS) is 14.8. The second-order valence-corrected chi connectivity index (χ2v) is 5.33. The van der Waals surface area contributed by atoms with Crippen molar-refractivity contribution in [1.82, 2.24) is 9.97 Å². The van der Waals surface area contributed by atoms with Crippen LogP contribution in [0.3, 0.4) is 0 Å². The van der Waals surface area contributed by atoms with E-state index in [4.69, 9.17) is 4.98 Å². The van der Waals surface area contributed by atoms with Crippen LogP contribution in [0.4, 0.5) is 5.95 Å². The number of phenols is 1. The molecule has 0 amide bonds. The predicted molar refractivity (Wildman–Crippen MR) is 80.1 cm³/mol. The number of hydrogen-bond acceptors (Lipinski definition) is 4. The fourth-order valence-corrected chi connectivity index (χ4v) is 2.61. The lowest BCUT2D eigenvalue weighted by Crippen LogP contribution is -2.21. The summed E-state index contributed by atoms with van der Waals surface area (Å²) in [5, 5.41) is 9.66. The summed E-state index contributed by atoms with van der Waals surface area (Å²) in [7, 11) is 0. The first-order chi connectivity index (χ1) is 9.65. The fourth-order valence-electron chi connectivity index (χ4n) is 2.61. The Morgan fingerprint density at radius 3 is 2.55 bits per heavy atom. The lowest BCUT2D eigenvalue weighted by atomic mass is 10.1. The smallest absolute Gasteiger partial charge is 0.226 e. The monoisotopic (exact) mass is 269 g/mol. The molecule has 1 N–H and O–H groups in total. The van der Waals surface area contributed by atoms with Crippen LogP contribution in [-0.2, 0) is 0 Å². The first-order valence-electron chi connectivity index (χ1n) is 7.05. The summed E-state index contributed by atoms with van der Waals surface area (Å²) in [5.41, 5.74) is 3.92. The molecule has 0 unspecified atom stereocenters. The molecule has 1 aliphatic rings. The molecular weight excluding hydrogens is 250 g/mol. The number of rotatable bonds is 2. The Balaban J connectivity index is 2.09. The maximum Gasteiger partial charge on any atom is 0.226 e. The maximum atomic E-state index is 9.66. The van der Waals surface area contributed by atoms with Crippen molar-refractivity contribution in [2.45, 2.75) is 26.7 Å². The average molecular weight is 269 g/mol. The van der Waals surface area contributed by atoms with E-state index in [9.17, 15) is 5.11 Å². The van der Waals surface area contributed by atoms with Crippen LogP contribution in [0.2, 0.25) is 0 Å². The van der Waals surface area contributed by atoms with E-state index in [0.29, 0.717) is 0 Å². The summed E-state index contributed by atoms with van der Waals surface area (Å²) in [6.45, 7) is 6.11. The van der Waals surface area contributed by atoms with E-state index >= 15 is 0 Å². The van der Waals surface area contributed by atoms with Crippen molar-refractivity contribution in [2.75, 3.05) is 18.0 Å². The van der Waals surface area contributed by atoms with E-state index in [2.05, 4.69) is 9.88 Å². The molecule has 2 heterocycles. The number of anilines is 1. The molecule has 0 spiro atoms. The van der Waals surface area contributed by atoms with Gasteiger partial charge in [0.2, 0.25) is 5.95 Å². The SMILES string of the molecule is Cc1nc(N2CCCC2)nc(-c2cccc(O)c2)c1C. The molecule has 1 aliphatic heterocycles. The van der Waals surface area contributed by atoms with E-state index in [0.717, 1.165) is 41.6 Å². The zero-order valence-corrected chi connectivity index (χ0v) is 11.9. The van der Waals surface area contributed by atoms with Gasteiger partial charge in [-0.3, -0.25) is 0 Å². The van der Waals surface area contributed by atoms with E-state index in [1.54, 1.807) is 12.1 Å². The molecule has 0 radical (unpaired) electrons. The van der Waals surface area contributed by atoms with Crippen molar-refractivity contribution in [3.05, 3.63) is 35.5 Å². The zero-order chi connectivity index (χ0) is 14.1. The molecule has 2 aromatic rings. The van der Waals surface area contributed by atoms with Gasteiger partial charge in [-0.15, -0.1) is 0 Å². The minimum Gasteiger partial charge on any atom is -0.508 e. The highest BCUT2D eigenvalue weighted by Crippen LogP contribution is 2.28. The molecule has 3 rings (SSSR count). The number of hydrogen-bond donors (Lipinski definition) is 1. The second kappa shape index (κ2) is 5.12. The molecule has 0 saturated carbocycles. The Bertz CT molecular complexity index is 634. The van der Waals surface area contributed by atoms with Crippen molar-refractivity contribution in [1.29, 1.82) is 0 Å². The van der Waals surface area contributed by atoms with Crippen molar-refractivity contribution in [2.24, 2.45) is 0 Å². The molecule has 104 valence electrons. The van der Waals surface area contributed by atoms with Gasteiger partial charge >= 0.3 is 0 Å². The molecule has 1 saturated heterocycles. The van der Waals surface area contributed by atoms with Crippen LogP contribution in [-0.4, -0.2) is 28.2 Å². The van der Waals surface area contributed by atoms with Gasteiger partial charge in [-0.2, -0.15) is 0 Å². The van der Waals surface area contributed by atoms with Crippen molar-refractivity contribution >= 4 is 5.95 Å². The van der Waals surface area contributed by atoms with Gasteiger partial charge in [0.05, 0.1) is 5.69 Å². The topological polar surface area (TPSA) is 49.2 Å². The molecule has 0 bridgehead atoms. The quantitative estimate of drug-likeness (QED) is 0.910. The van der Waals surface area contributed by atoms with Crippen LogP contribution in [0.25, 0.3) is 11.3 Å². The molecule has 4 nitrogen and oxygen atoms in total. The van der Waals surface area contributed by atoms with Crippen LogP contribution < -0.4 is 4.90 Å². The summed E-state index contributed by atoms with van der Waals surface area (Å²) in [4.78, 5) is 11.6. The van der Waals surface area contributed by atoms with Crippen LogP contribution in [0, 0.1) is 13.8 Å². The third-order valence-electron chi connectivity index (χ3n) is 3.89. The average Bonchev–Trinajstić information content (AvgIpc) is 2.95. The fraction of sp³-hybridized carbons (Fsp3) is 0.375. The van der Waals surface area contributed by atoms with Gasteiger partial charge < -0.3 is 10.0 Å². The third-order valence-corrected chi connectivity index (χ3v) is 3.89. The van der Waals surface area contributed by atoms with Crippen LogP contribution >= 0.6 is 0 Å². The molecule has 1 aromatic heterocycles. The first kappa shape index (κ1) is 12.9. The highest BCUT2D eigenvalue weighted by molar-refractivity contribution is 5.66. The van der Waals surface area contributed by atoms with Gasteiger partial charge in [0.15, 0.2) is 0 Å². The number of phenolic OH excluding ortho intramolecular Hbond substituents is 1. The molecular formula is C16H19N3O. The van der Waals surface area contributed by atoms with Gasteiger partial charge in [0, 0.05) is 24.3 Å². The largest absolute Gasteiger partial charge is 0.508 e. The van der Waals surface area contributed by atoms with Gasteiger partial charge in [-0.1, -0.05) is 12.1 Å². The molecule has 20 heavy (non-hydrogen) atoms. The summed E-state index contributed by atoms with van der Waals surface area (Å²) < 4.78 is 0. The standard InChI is InChI=1S/C16H19N3O/c1-11-12(2)17-16(19-8-3-4-9-19)18-15(11)13-6-5-7-14(20)10-13/h5-7,10,20H,3-4,8-9H2,1-2H3. The van der Waals surface area contributed by atoms with Gasteiger partial charge in [-0.25, -0.2) is 9.97 Å². The highest BCUT2D eigenvalue weighted by Gasteiger charge is 2.18. The van der Waals surface area contributed by atoms with Crippen molar-refractivity contribution < 1.29 is 5.11 Å².